The van der Waals surface area contributed by atoms with Crippen LogP contribution in [-0.2, 0) is 11.0 Å². The van der Waals surface area contributed by atoms with Crippen molar-refractivity contribution in [3.05, 3.63) is 96.0 Å². The van der Waals surface area contributed by atoms with Crippen LogP contribution in [0.4, 0.5) is 4.39 Å². The second kappa shape index (κ2) is 10.8. The quantitative estimate of drug-likeness (QED) is 0.193. The van der Waals surface area contributed by atoms with E-state index >= 15 is 4.39 Å². The average molecular weight is 548 g/mol. The highest BCUT2D eigenvalue weighted by Crippen LogP contribution is 2.41. The molecule has 0 radical (unpaired) electrons. The first kappa shape index (κ1) is 26.8. The Labute approximate surface area is 231 Å². The molecule has 0 aliphatic heterocycles. The van der Waals surface area contributed by atoms with Gasteiger partial charge in [0.25, 0.3) is 8.32 Å². The molecule has 1 saturated carbocycles. The SMILES string of the molecule is Cc1ccc(-c2cnn(CC3C[C@H](O[Si](c4ccccc4)(c4ccccc4)C(C)(C)C)[C@@H](F)C3)c2)c(Cl)n1. The number of hydrogen-bond donors (Lipinski definition) is 0. The van der Waals surface area contributed by atoms with Crippen LogP contribution in [0.5, 0.6) is 0 Å². The van der Waals surface area contributed by atoms with Crippen LogP contribution < -0.4 is 10.4 Å². The molecule has 0 amide bonds. The molecule has 1 aliphatic carbocycles. The maximum absolute atomic E-state index is 15.7. The summed E-state index contributed by atoms with van der Waals surface area (Å²) < 4.78 is 24.7. The van der Waals surface area contributed by atoms with Gasteiger partial charge in [-0.05, 0) is 53.2 Å². The molecular weight excluding hydrogens is 513 g/mol. The zero-order valence-corrected chi connectivity index (χ0v) is 24.2. The Kier molecular flexibility index (Phi) is 7.58. The lowest BCUT2D eigenvalue weighted by atomic mass is 10.1. The molecule has 198 valence electrons. The van der Waals surface area contributed by atoms with Crippen LogP contribution in [0, 0.1) is 12.8 Å². The van der Waals surface area contributed by atoms with Crippen LogP contribution in [-0.4, -0.2) is 35.4 Å². The van der Waals surface area contributed by atoms with E-state index in [9.17, 15) is 0 Å². The Morgan fingerprint density at radius 2 is 1.61 bits per heavy atom. The number of halogens is 2. The highest BCUT2D eigenvalue weighted by Gasteiger charge is 2.53. The monoisotopic (exact) mass is 547 g/mol. The number of benzene rings is 2. The lowest BCUT2D eigenvalue weighted by molar-refractivity contribution is 0.115. The Morgan fingerprint density at radius 3 is 2.18 bits per heavy atom. The van der Waals surface area contributed by atoms with E-state index < -0.39 is 20.6 Å². The van der Waals surface area contributed by atoms with Gasteiger partial charge < -0.3 is 4.43 Å². The van der Waals surface area contributed by atoms with Crippen molar-refractivity contribution in [2.75, 3.05) is 0 Å². The van der Waals surface area contributed by atoms with E-state index in [4.69, 9.17) is 16.0 Å². The third-order valence-corrected chi connectivity index (χ3v) is 13.0. The van der Waals surface area contributed by atoms with Crippen LogP contribution in [0.1, 0.15) is 39.3 Å². The van der Waals surface area contributed by atoms with Crippen LogP contribution in [0.15, 0.2) is 85.2 Å². The third kappa shape index (κ3) is 5.22. The van der Waals surface area contributed by atoms with Gasteiger partial charge in [-0.2, -0.15) is 5.10 Å². The summed E-state index contributed by atoms with van der Waals surface area (Å²) in [6, 6.07) is 24.8. The van der Waals surface area contributed by atoms with Crippen molar-refractivity contribution >= 4 is 30.3 Å². The molecule has 4 nitrogen and oxygen atoms in total. The van der Waals surface area contributed by atoms with E-state index in [0.717, 1.165) is 16.8 Å². The fourth-order valence-electron chi connectivity index (χ4n) is 5.84. The topological polar surface area (TPSA) is 39.9 Å². The zero-order valence-electron chi connectivity index (χ0n) is 22.4. The van der Waals surface area contributed by atoms with Crippen molar-refractivity contribution in [3.63, 3.8) is 0 Å². The summed E-state index contributed by atoms with van der Waals surface area (Å²) in [6.07, 6.45) is 3.42. The Morgan fingerprint density at radius 1 is 0.974 bits per heavy atom. The number of hydrogen-bond acceptors (Lipinski definition) is 3. The van der Waals surface area contributed by atoms with E-state index in [1.165, 1.54) is 10.4 Å². The van der Waals surface area contributed by atoms with E-state index in [0.29, 0.717) is 24.5 Å². The summed E-state index contributed by atoms with van der Waals surface area (Å²) in [6.45, 7) is 9.25. The Bertz CT molecular complexity index is 1330. The van der Waals surface area contributed by atoms with Crippen LogP contribution >= 0.6 is 11.6 Å². The van der Waals surface area contributed by atoms with Gasteiger partial charge in [0.1, 0.15) is 11.3 Å². The first-order valence-corrected chi connectivity index (χ1v) is 15.5. The molecule has 1 unspecified atom stereocenters. The minimum absolute atomic E-state index is 0.132. The summed E-state index contributed by atoms with van der Waals surface area (Å²) in [7, 11) is -2.81. The van der Waals surface area contributed by atoms with Crippen molar-refractivity contribution in [2.45, 2.75) is 64.4 Å². The maximum atomic E-state index is 15.7. The van der Waals surface area contributed by atoms with E-state index in [1.807, 2.05) is 42.1 Å². The summed E-state index contributed by atoms with van der Waals surface area (Å²) >= 11 is 6.37. The fraction of sp³-hybridized carbons (Fsp3) is 0.355. The van der Waals surface area contributed by atoms with Gasteiger partial charge >= 0.3 is 0 Å². The normalized spacial score (nSPS) is 20.1. The lowest BCUT2D eigenvalue weighted by Crippen LogP contribution is -2.68. The van der Waals surface area contributed by atoms with E-state index in [1.54, 1.807) is 6.20 Å². The summed E-state index contributed by atoms with van der Waals surface area (Å²) in [4.78, 5) is 4.35. The molecule has 0 saturated heterocycles. The molecule has 5 rings (SSSR count). The van der Waals surface area contributed by atoms with Crippen LogP contribution in [0.25, 0.3) is 11.1 Å². The Hall–Kier alpha value is -2.80. The molecule has 0 spiro atoms. The van der Waals surface area contributed by atoms with Crippen molar-refractivity contribution in [3.8, 4) is 11.1 Å². The molecular formula is C31H35ClFN3OSi. The van der Waals surface area contributed by atoms with Gasteiger partial charge in [-0.15, -0.1) is 0 Å². The molecule has 2 aromatic carbocycles. The fourth-order valence-corrected chi connectivity index (χ4v) is 10.9. The van der Waals surface area contributed by atoms with Crippen LogP contribution in [0.3, 0.4) is 0 Å². The van der Waals surface area contributed by atoms with Gasteiger partial charge in [0.05, 0.1) is 12.3 Å². The first-order chi connectivity index (χ1) is 18.2. The molecule has 7 heteroatoms. The van der Waals surface area contributed by atoms with Crippen LogP contribution in [0.2, 0.25) is 10.2 Å². The van der Waals surface area contributed by atoms with E-state index in [2.05, 4.69) is 79.4 Å². The molecule has 2 aromatic heterocycles. The molecule has 0 bridgehead atoms. The van der Waals surface area contributed by atoms with Crippen molar-refractivity contribution in [1.29, 1.82) is 0 Å². The highest BCUT2D eigenvalue weighted by molar-refractivity contribution is 6.99. The lowest BCUT2D eigenvalue weighted by Gasteiger charge is -2.45. The standard InChI is InChI=1S/C31H35ClFN3OSi/c1-22-15-16-27(30(32)35-22)24-19-34-36(21-24)20-23-17-28(33)29(18-23)37-38(31(2,3)4,25-11-7-5-8-12-25)26-13-9-6-10-14-26/h5-16,19,21,23,28-29H,17-18,20H2,1-4H3/t23?,28-,29-/m0/s1. The second-order valence-electron chi connectivity index (χ2n) is 11.4. The average Bonchev–Trinajstić information content (AvgIpc) is 3.48. The summed E-state index contributed by atoms with van der Waals surface area (Å²) in [5.41, 5.74) is 2.64. The predicted octanol–water partition coefficient (Wildman–Crippen LogP) is 6.60. The number of aromatic nitrogens is 3. The minimum Gasteiger partial charge on any atom is -0.401 e. The van der Waals surface area contributed by atoms with Crippen molar-refractivity contribution in [1.82, 2.24) is 14.8 Å². The first-order valence-electron chi connectivity index (χ1n) is 13.3. The van der Waals surface area contributed by atoms with Gasteiger partial charge in [-0.25, -0.2) is 9.37 Å². The van der Waals surface area contributed by atoms with Gasteiger partial charge in [-0.3, -0.25) is 4.68 Å². The zero-order chi connectivity index (χ0) is 26.9. The number of nitrogens with zero attached hydrogens (tertiary/aromatic N) is 3. The summed E-state index contributed by atoms with van der Waals surface area (Å²) in [5, 5.41) is 7.18. The molecule has 3 atom stereocenters. The van der Waals surface area contributed by atoms with Gasteiger partial charge in [0.2, 0.25) is 0 Å². The predicted molar refractivity (Wildman–Crippen MR) is 155 cm³/mol. The number of alkyl halides is 1. The van der Waals surface area contributed by atoms with Gasteiger partial charge in [0.15, 0.2) is 0 Å². The van der Waals surface area contributed by atoms with Crippen molar-refractivity contribution in [2.24, 2.45) is 5.92 Å². The summed E-state index contributed by atoms with van der Waals surface area (Å²) in [5.74, 6) is 0.132. The molecule has 2 heterocycles. The largest absolute Gasteiger partial charge is 0.401 e. The number of pyridine rings is 1. The second-order valence-corrected chi connectivity index (χ2v) is 16.0. The molecule has 38 heavy (non-hydrogen) atoms. The Balaban J connectivity index is 1.39. The van der Waals surface area contributed by atoms with Gasteiger partial charge in [0, 0.05) is 29.6 Å². The molecule has 1 fully saturated rings. The number of rotatable bonds is 7. The highest BCUT2D eigenvalue weighted by atomic mass is 35.5. The van der Waals surface area contributed by atoms with Gasteiger partial charge in [-0.1, -0.05) is 93.0 Å². The van der Waals surface area contributed by atoms with E-state index in [-0.39, 0.29) is 11.0 Å². The minimum atomic E-state index is -2.81. The smallest absolute Gasteiger partial charge is 0.261 e. The van der Waals surface area contributed by atoms with Crippen molar-refractivity contribution < 1.29 is 8.82 Å². The molecule has 4 aromatic rings. The molecule has 1 aliphatic rings. The number of aryl methyl sites for hydroxylation is 1. The third-order valence-electron chi connectivity index (χ3n) is 7.65. The molecule has 0 N–H and O–H groups in total. The maximum Gasteiger partial charge on any atom is 0.261 e.